The van der Waals surface area contributed by atoms with Crippen molar-refractivity contribution in [3.05, 3.63) is 33.8 Å². The highest BCUT2D eigenvalue weighted by Gasteiger charge is 2.02. The van der Waals surface area contributed by atoms with Crippen molar-refractivity contribution in [1.29, 1.82) is 0 Å². The lowest BCUT2D eigenvalue weighted by molar-refractivity contribution is 0.682. The van der Waals surface area contributed by atoms with Gasteiger partial charge in [-0.25, -0.2) is 0 Å². The summed E-state index contributed by atoms with van der Waals surface area (Å²) >= 11 is 3.65. The number of rotatable bonds is 5. The average Bonchev–Trinajstić information content (AvgIpc) is 2.87. The summed E-state index contributed by atoms with van der Waals surface area (Å²) in [7, 11) is 0. The molecule has 15 heavy (non-hydrogen) atoms. The molecule has 1 nitrogen and oxygen atoms in total. The lowest BCUT2D eigenvalue weighted by atomic mass is 10.2. The third-order valence-corrected chi connectivity index (χ3v) is 4.04. The van der Waals surface area contributed by atoms with Gasteiger partial charge >= 0.3 is 0 Å². The Labute approximate surface area is 98.8 Å². The fraction of sp³-hybridized carbons (Fsp3) is 0.333. The molecule has 0 amide bonds. The van der Waals surface area contributed by atoms with Crippen LogP contribution in [0.15, 0.2) is 29.0 Å². The number of hydrogen-bond donors (Lipinski definition) is 1. The summed E-state index contributed by atoms with van der Waals surface area (Å²) in [5, 5.41) is 7.80. The third kappa shape index (κ3) is 2.91. The summed E-state index contributed by atoms with van der Waals surface area (Å²) < 4.78 is 0. The highest BCUT2D eigenvalue weighted by Crippen LogP contribution is 2.29. The Morgan fingerprint density at radius 3 is 3.00 bits per heavy atom. The van der Waals surface area contributed by atoms with E-state index in [1.54, 1.807) is 11.3 Å². The van der Waals surface area contributed by atoms with E-state index in [9.17, 15) is 0 Å². The zero-order chi connectivity index (χ0) is 10.5. The van der Waals surface area contributed by atoms with Crippen molar-refractivity contribution in [2.75, 3.05) is 6.54 Å². The van der Waals surface area contributed by atoms with Gasteiger partial charge in [0.2, 0.25) is 0 Å². The van der Waals surface area contributed by atoms with E-state index in [-0.39, 0.29) is 0 Å². The van der Waals surface area contributed by atoms with E-state index in [1.165, 1.54) is 21.7 Å². The molecule has 0 fully saturated rings. The normalized spacial score (nSPS) is 10.7. The van der Waals surface area contributed by atoms with Crippen LogP contribution < -0.4 is 5.32 Å². The van der Waals surface area contributed by atoms with Crippen molar-refractivity contribution in [3.8, 4) is 10.4 Å². The molecule has 80 valence electrons. The molecule has 0 atom stereocenters. The van der Waals surface area contributed by atoms with E-state index in [0.29, 0.717) is 0 Å². The maximum absolute atomic E-state index is 3.42. The minimum Gasteiger partial charge on any atom is -0.312 e. The summed E-state index contributed by atoms with van der Waals surface area (Å²) in [6, 6.07) is 6.57. The van der Waals surface area contributed by atoms with Gasteiger partial charge in [-0.2, -0.15) is 0 Å². The van der Waals surface area contributed by atoms with Crippen LogP contribution in [0.1, 0.15) is 18.2 Å². The van der Waals surface area contributed by atoms with Crippen molar-refractivity contribution in [2.45, 2.75) is 19.9 Å². The van der Waals surface area contributed by atoms with E-state index >= 15 is 0 Å². The van der Waals surface area contributed by atoms with Crippen molar-refractivity contribution in [3.63, 3.8) is 0 Å². The van der Waals surface area contributed by atoms with Crippen LogP contribution in [0.4, 0.5) is 0 Å². The highest BCUT2D eigenvalue weighted by molar-refractivity contribution is 7.14. The molecular weight excluding hydrogens is 222 g/mol. The first-order valence-corrected chi connectivity index (χ1v) is 6.98. The maximum Gasteiger partial charge on any atom is 0.0351 e. The van der Waals surface area contributed by atoms with Gasteiger partial charge < -0.3 is 5.32 Å². The molecule has 0 saturated carbocycles. The fourth-order valence-corrected chi connectivity index (χ4v) is 3.08. The molecule has 3 heteroatoms. The minimum atomic E-state index is 1.00. The molecule has 0 unspecified atom stereocenters. The second kappa shape index (κ2) is 5.45. The first-order chi connectivity index (χ1) is 7.40. The zero-order valence-corrected chi connectivity index (χ0v) is 10.5. The van der Waals surface area contributed by atoms with E-state index in [4.69, 9.17) is 0 Å². The van der Waals surface area contributed by atoms with Crippen molar-refractivity contribution < 1.29 is 0 Å². The lowest BCUT2D eigenvalue weighted by Crippen LogP contribution is -2.12. The Morgan fingerprint density at radius 1 is 1.33 bits per heavy atom. The summed E-state index contributed by atoms with van der Waals surface area (Å²) in [4.78, 5) is 2.79. The number of nitrogens with one attached hydrogen (secondary N) is 1. The molecule has 0 saturated heterocycles. The van der Waals surface area contributed by atoms with Crippen molar-refractivity contribution in [2.24, 2.45) is 0 Å². The van der Waals surface area contributed by atoms with Gasteiger partial charge in [0.25, 0.3) is 0 Å². The Bertz CT molecular complexity index is 389. The maximum atomic E-state index is 3.42. The van der Waals surface area contributed by atoms with Crippen LogP contribution in [0.5, 0.6) is 0 Å². The Hall–Kier alpha value is -0.640. The van der Waals surface area contributed by atoms with Crippen LogP contribution in [0.2, 0.25) is 0 Å². The molecule has 0 aliphatic heterocycles. The van der Waals surface area contributed by atoms with Crippen LogP contribution in [-0.2, 0) is 6.54 Å². The molecular formula is C12H15NS2. The smallest absolute Gasteiger partial charge is 0.0351 e. The quantitative estimate of drug-likeness (QED) is 0.776. The predicted octanol–water partition coefficient (Wildman–Crippen LogP) is 3.98. The molecule has 0 aliphatic carbocycles. The summed E-state index contributed by atoms with van der Waals surface area (Å²) in [6.45, 7) is 4.30. The molecule has 0 aromatic carbocycles. The Kier molecular flexibility index (Phi) is 3.94. The van der Waals surface area contributed by atoms with E-state index in [2.05, 4.69) is 41.2 Å². The molecule has 0 spiro atoms. The summed E-state index contributed by atoms with van der Waals surface area (Å²) in [6.07, 6.45) is 1.20. The van der Waals surface area contributed by atoms with Crippen molar-refractivity contribution >= 4 is 22.7 Å². The van der Waals surface area contributed by atoms with E-state index in [1.807, 2.05) is 11.3 Å². The molecule has 0 radical (unpaired) electrons. The van der Waals surface area contributed by atoms with Crippen LogP contribution in [0.25, 0.3) is 10.4 Å². The number of thiophene rings is 2. The molecule has 0 aliphatic rings. The van der Waals surface area contributed by atoms with Crippen LogP contribution in [0, 0.1) is 0 Å². The SMILES string of the molecule is CCCNCc1cc(-c2cccs2)cs1. The first-order valence-electron chi connectivity index (χ1n) is 5.22. The fourth-order valence-electron chi connectivity index (χ4n) is 1.43. The highest BCUT2D eigenvalue weighted by atomic mass is 32.1. The molecule has 1 N–H and O–H groups in total. The van der Waals surface area contributed by atoms with E-state index in [0.717, 1.165) is 13.1 Å². The van der Waals surface area contributed by atoms with Crippen LogP contribution in [-0.4, -0.2) is 6.54 Å². The second-order valence-electron chi connectivity index (χ2n) is 3.46. The van der Waals surface area contributed by atoms with Gasteiger partial charge in [-0.05, 0) is 35.9 Å². The van der Waals surface area contributed by atoms with Gasteiger partial charge in [-0.1, -0.05) is 13.0 Å². The molecule has 2 aromatic heterocycles. The Balaban J connectivity index is 1.98. The monoisotopic (exact) mass is 237 g/mol. The second-order valence-corrected chi connectivity index (χ2v) is 5.40. The van der Waals surface area contributed by atoms with Gasteiger partial charge in [0.05, 0.1) is 0 Å². The Morgan fingerprint density at radius 2 is 2.27 bits per heavy atom. The van der Waals surface area contributed by atoms with Gasteiger partial charge in [0.1, 0.15) is 0 Å². The first kappa shape index (κ1) is 10.9. The van der Waals surface area contributed by atoms with Gasteiger partial charge in [0.15, 0.2) is 0 Å². The summed E-state index contributed by atoms with van der Waals surface area (Å²) in [5.41, 5.74) is 1.36. The van der Waals surface area contributed by atoms with Gasteiger partial charge in [-0.3, -0.25) is 0 Å². The standard InChI is InChI=1S/C12H15NS2/c1-2-5-13-8-11-7-10(9-15-11)12-4-3-6-14-12/h3-4,6-7,9,13H,2,5,8H2,1H3. The predicted molar refractivity (Wildman–Crippen MR) is 69.6 cm³/mol. The topological polar surface area (TPSA) is 12.0 Å². The minimum absolute atomic E-state index is 1.00. The lowest BCUT2D eigenvalue weighted by Gasteiger charge is -1.98. The zero-order valence-electron chi connectivity index (χ0n) is 8.82. The average molecular weight is 237 g/mol. The third-order valence-electron chi connectivity index (χ3n) is 2.19. The van der Waals surface area contributed by atoms with E-state index < -0.39 is 0 Å². The van der Waals surface area contributed by atoms with Gasteiger partial charge in [0, 0.05) is 21.9 Å². The molecule has 2 heterocycles. The van der Waals surface area contributed by atoms with Crippen LogP contribution >= 0.6 is 22.7 Å². The number of hydrogen-bond acceptors (Lipinski definition) is 3. The van der Waals surface area contributed by atoms with Crippen molar-refractivity contribution in [1.82, 2.24) is 5.32 Å². The van der Waals surface area contributed by atoms with Crippen LogP contribution in [0.3, 0.4) is 0 Å². The molecule has 0 bridgehead atoms. The van der Waals surface area contributed by atoms with Gasteiger partial charge in [-0.15, -0.1) is 22.7 Å². The molecule has 2 aromatic rings. The largest absolute Gasteiger partial charge is 0.312 e. The summed E-state index contributed by atoms with van der Waals surface area (Å²) in [5.74, 6) is 0. The molecule has 2 rings (SSSR count).